The van der Waals surface area contributed by atoms with Crippen LogP contribution in [0.3, 0.4) is 0 Å². The van der Waals surface area contributed by atoms with Crippen LogP contribution < -0.4 is 9.47 Å². The van der Waals surface area contributed by atoms with Crippen LogP contribution >= 0.6 is 0 Å². The Labute approximate surface area is 288 Å². The fourth-order valence-corrected chi connectivity index (χ4v) is 5.04. The van der Waals surface area contributed by atoms with Crippen molar-refractivity contribution in [1.29, 1.82) is 0 Å². The smallest absolute Gasteiger partial charge is 0.333 e. The number of rotatable bonds is 12. The second-order valence-electron chi connectivity index (χ2n) is 11.2. The summed E-state index contributed by atoms with van der Waals surface area (Å²) < 4.78 is 36.8. The molecule has 2 heterocycles. The van der Waals surface area contributed by atoms with Gasteiger partial charge in [0.15, 0.2) is 35.4 Å². The number of aliphatic hydroxyl groups is 6. The zero-order chi connectivity index (χ0) is 37.6. The van der Waals surface area contributed by atoms with Crippen LogP contribution in [0.25, 0.3) is 12.2 Å². The normalized spacial score (nSPS) is 29.6. The predicted molar refractivity (Wildman–Crippen MR) is 167 cm³/mol. The molecule has 19 heteroatoms. The summed E-state index contributed by atoms with van der Waals surface area (Å²) in [7, 11) is 2.48. The van der Waals surface area contributed by atoms with Gasteiger partial charge in [0.1, 0.15) is 42.7 Å². The van der Waals surface area contributed by atoms with E-state index in [0.29, 0.717) is 0 Å². The molecule has 0 saturated carbocycles. The van der Waals surface area contributed by atoms with Crippen LogP contribution in [-0.2, 0) is 33.3 Å². The Bertz CT molecular complexity index is 1590. The van der Waals surface area contributed by atoms with Gasteiger partial charge in [-0.3, -0.25) is 0 Å². The molecule has 4 rings (SSSR count). The molecule has 0 radical (unpaired) electrons. The number of benzene rings is 2. The zero-order valence-corrected chi connectivity index (χ0v) is 27.0. The van der Waals surface area contributed by atoms with Crippen LogP contribution in [0, 0.1) is 0 Å². The van der Waals surface area contributed by atoms with Crippen LogP contribution in [0.5, 0.6) is 34.5 Å². The Morgan fingerprint density at radius 3 is 1.67 bits per heavy atom. The minimum absolute atomic E-state index is 0.0898. The summed E-state index contributed by atoms with van der Waals surface area (Å²) in [4.78, 5) is 25.2. The van der Waals surface area contributed by atoms with Crippen molar-refractivity contribution >= 4 is 24.1 Å². The largest absolute Gasteiger partial charge is 0.504 e. The summed E-state index contributed by atoms with van der Waals surface area (Å²) in [5.41, 5.74) is 0.403. The number of aliphatic hydroxyl groups excluding tert-OH is 6. The van der Waals surface area contributed by atoms with Crippen molar-refractivity contribution in [2.24, 2.45) is 0 Å². The van der Waals surface area contributed by atoms with Crippen molar-refractivity contribution in [1.82, 2.24) is 0 Å². The summed E-state index contributed by atoms with van der Waals surface area (Å²) in [6.07, 6.45) is -13.6. The molecule has 19 nitrogen and oxygen atoms in total. The van der Waals surface area contributed by atoms with Gasteiger partial charge >= 0.3 is 11.9 Å². The topological polar surface area (TPSA) is 301 Å². The van der Waals surface area contributed by atoms with E-state index in [9.17, 15) is 60.7 Å². The Balaban J connectivity index is 1.44. The van der Waals surface area contributed by atoms with Crippen molar-refractivity contribution in [2.45, 2.75) is 61.4 Å². The minimum atomic E-state index is -1.94. The highest BCUT2D eigenvalue weighted by atomic mass is 16.7. The second-order valence-corrected chi connectivity index (χ2v) is 11.2. The molecule has 10 unspecified atom stereocenters. The summed E-state index contributed by atoms with van der Waals surface area (Å²) in [5.74, 6) is -4.53. The molecule has 0 bridgehead atoms. The lowest BCUT2D eigenvalue weighted by atomic mass is 9.98. The highest BCUT2D eigenvalue weighted by Gasteiger charge is 2.49. The molecule has 2 aromatic carbocycles. The third-order valence-corrected chi connectivity index (χ3v) is 7.82. The SMILES string of the molecule is COc1cc(C=CC(=O)OC2OC(COC3OC(CO)C(O)C(O)C3OC(=O)C=Cc3cc(O)c(O)c(OC)c3)C(O)C(O)C2O)cc(O)c1O. The number of ether oxygens (including phenoxy) is 7. The van der Waals surface area contributed by atoms with Gasteiger partial charge in [0.25, 0.3) is 0 Å². The molecule has 0 amide bonds. The first-order valence-corrected chi connectivity index (χ1v) is 15.1. The van der Waals surface area contributed by atoms with Gasteiger partial charge < -0.3 is 84.2 Å². The van der Waals surface area contributed by atoms with Gasteiger partial charge in [-0.15, -0.1) is 0 Å². The van der Waals surface area contributed by atoms with Crippen LogP contribution in [0.1, 0.15) is 11.1 Å². The average Bonchev–Trinajstić information content (AvgIpc) is 3.11. The lowest BCUT2D eigenvalue weighted by Crippen LogP contribution is -2.62. The van der Waals surface area contributed by atoms with Crippen molar-refractivity contribution < 1.29 is 93.8 Å². The van der Waals surface area contributed by atoms with Crippen LogP contribution in [-0.4, -0.2) is 152 Å². The van der Waals surface area contributed by atoms with E-state index in [1.165, 1.54) is 38.5 Å². The molecule has 0 spiro atoms. The summed E-state index contributed by atoms with van der Waals surface area (Å²) >= 11 is 0. The lowest BCUT2D eigenvalue weighted by Gasteiger charge is -2.43. The molecule has 2 aliphatic rings. The first-order valence-electron chi connectivity index (χ1n) is 15.1. The number of methoxy groups -OCH3 is 2. The van der Waals surface area contributed by atoms with Gasteiger partial charge in [0.2, 0.25) is 17.8 Å². The van der Waals surface area contributed by atoms with Crippen molar-refractivity contribution in [3.8, 4) is 34.5 Å². The Kier molecular flexibility index (Phi) is 13.0. The average molecular weight is 727 g/mol. The maximum absolute atomic E-state index is 12.7. The highest BCUT2D eigenvalue weighted by molar-refractivity contribution is 5.88. The maximum atomic E-state index is 12.7. The monoisotopic (exact) mass is 726 g/mol. The van der Waals surface area contributed by atoms with E-state index in [2.05, 4.69) is 0 Å². The first kappa shape index (κ1) is 39.1. The number of phenols is 4. The molecule has 0 aliphatic carbocycles. The number of aromatic hydroxyl groups is 4. The van der Waals surface area contributed by atoms with Crippen LogP contribution in [0.4, 0.5) is 0 Å². The van der Waals surface area contributed by atoms with Gasteiger partial charge in [-0.1, -0.05) is 0 Å². The lowest BCUT2D eigenvalue weighted by molar-refractivity contribution is -0.327. The van der Waals surface area contributed by atoms with E-state index in [1.807, 2.05) is 0 Å². The van der Waals surface area contributed by atoms with Crippen LogP contribution in [0.2, 0.25) is 0 Å². The van der Waals surface area contributed by atoms with Gasteiger partial charge in [0.05, 0.1) is 27.4 Å². The number of esters is 2. The predicted octanol–water partition coefficient (Wildman–Crippen LogP) is -2.03. The second kappa shape index (κ2) is 17.0. The maximum Gasteiger partial charge on any atom is 0.333 e. The molecule has 2 fully saturated rings. The molecule has 280 valence electrons. The fourth-order valence-electron chi connectivity index (χ4n) is 5.04. The van der Waals surface area contributed by atoms with E-state index in [4.69, 9.17) is 33.2 Å². The molecule has 10 atom stereocenters. The van der Waals surface area contributed by atoms with Crippen molar-refractivity contribution in [3.05, 3.63) is 47.5 Å². The summed E-state index contributed by atoms with van der Waals surface area (Å²) in [6, 6.07) is 4.82. The van der Waals surface area contributed by atoms with Crippen LogP contribution in [0.15, 0.2) is 36.4 Å². The summed E-state index contributed by atoms with van der Waals surface area (Å²) in [5, 5.41) is 101. The van der Waals surface area contributed by atoms with E-state index in [-0.39, 0.29) is 22.6 Å². The van der Waals surface area contributed by atoms with E-state index in [0.717, 1.165) is 24.3 Å². The van der Waals surface area contributed by atoms with E-state index >= 15 is 0 Å². The molecule has 2 aliphatic heterocycles. The number of carbonyl (C=O) groups excluding carboxylic acids is 2. The minimum Gasteiger partial charge on any atom is -0.504 e. The first-order chi connectivity index (χ1) is 24.2. The van der Waals surface area contributed by atoms with Crippen molar-refractivity contribution in [3.63, 3.8) is 0 Å². The van der Waals surface area contributed by atoms with Gasteiger partial charge in [0, 0.05) is 12.2 Å². The number of hydrogen-bond donors (Lipinski definition) is 10. The third kappa shape index (κ3) is 9.16. The zero-order valence-electron chi connectivity index (χ0n) is 27.0. The van der Waals surface area contributed by atoms with E-state index < -0.39 is 110 Å². The molecule has 0 aromatic heterocycles. The van der Waals surface area contributed by atoms with Gasteiger partial charge in [-0.2, -0.15) is 0 Å². The van der Waals surface area contributed by atoms with Crippen molar-refractivity contribution in [2.75, 3.05) is 27.4 Å². The molecule has 2 aromatic rings. The Morgan fingerprint density at radius 2 is 1.16 bits per heavy atom. The Morgan fingerprint density at radius 1 is 0.667 bits per heavy atom. The number of phenolic OH excluding ortho intramolecular Hbond substituents is 4. The molecule has 10 N–H and O–H groups in total. The summed E-state index contributed by atoms with van der Waals surface area (Å²) in [6.45, 7) is -1.52. The molecule has 2 saturated heterocycles. The third-order valence-electron chi connectivity index (χ3n) is 7.82. The highest BCUT2D eigenvalue weighted by Crippen LogP contribution is 2.38. The standard InChI is InChI=1S/C32H38O19/c1-45-17-9-13(7-15(34)23(17)38)3-5-21(36)50-30-28(43)25(40)19(11-33)48-32(30)47-12-20-26(41)27(42)29(44)31(49-20)51-22(37)6-4-14-8-16(35)24(39)18(10-14)46-2/h3-10,19-20,25-35,38-44H,11-12H2,1-2H3. The van der Waals surface area contributed by atoms with Gasteiger partial charge in [-0.05, 0) is 47.5 Å². The fraction of sp³-hybridized carbons (Fsp3) is 0.438. The molecule has 51 heavy (non-hydrogen) atoms. The quantitative estimate of drug-likeness (QED) is 0.0641. The number of carbonyl (C=O) groups is 2. The Hall–Kier alpha value is -4.70. The van der Waals surface area contributed by atoms with E-state index in [1.54, 1.807) is 0 Å². The molecular weight excluding hydrogens is 688 g/mol. The molecular formula is C32H38O19. The van der Waals surface area contributed by atoms with Gasteiger partial charge in [-0.25, -0.2) is 9.59 Å². The number of hydrogen-bond acceptors (Lipinski definition) is 19.